The van der Waals surface area contributed by atoms with E-state index >= 15 is 0 Å². The van der Waals surface area contributed by atoms with Gasteiger partial charge in [-0.15, -0.1) is 10.8 Å². The number of H-pyrrole nitrogens is 1. The van der Waals surface area contributed by atoms with E-state index in [0.29, 0.717) is 40.9 Å². The Morgan fingerprint density at radius 1 is 1.38 bits per heavy atom. The molecule has 1 saturated heterocycles. The lowest BCUT2D eigenvalue weighted by molar-refractivity contribution is -0.176. The third kappa shape index (κ3) is 4.90. The van der Waals surface area contributed by atoms with Gasteiger partial charge in [0.1, 0.15) is 11.0 Å². The van der Waals surface area contributed by atoms with Crippen LogP contribution in [0.25, 0.3) is 10.9 Å². The Morgan fingerprint density at radius 3 is 2.82 bits per heavy atom. The maximum Gasteiger partial charge on any atom is 0.335 e. The molecular weight excluding hydrogens is 524 g/mol. The molecule has 2 aliphatic heterocycles. The molecule has 39 heavy (non-hydrogen) atoms. The van der Waals surface area contributed by atoms with E-state index in [1.807, 2.05) is 0 Å². The molecule has 0 radical (unpaired) electrons. The van der Waals surface area contributed by atoms with Gasteiger partial charge in [-0.05, 0) is 63.4 Å². The zero-order valence-corrected chi connectivity index (χ0v) is 23.0. The molecule has 13 heteroatoms. The molecule has 2 aromatic heterocycles. The van der Waals surface area contributed by atoms with Gasteiger partial charge in [-0.2, -0.15) is 10.4 Å². The van der Waals surface area contributed by atoms with Gasteiger partial charge in [0.15, 0.2) is 11.9 Å². The van der Waals surface area contributed by atoms with Crippen LogP contribution in [-0.2, 0) is 26.4 Å². The second-order valence-corrected chi connectivity index (χ2v) is 13.1. The molecule has 2 aliphatic rings. The first-order chi connectivity index (χ1) is 18.3. The minimum absolute atomic E-state index is 0.0382. The van der Waals surface area contributed by atoms with E-state index < -0.39 is 34.0 Å². The molecule has 4 heterocycles. The van der Waals surface area contributed by atoms with Crippen LogP contribution in [0.15, 0.2) is 40.2 Å². The van der Waals surface area contributed by atoms with Crippen LogP contribution >= 0.6 is 10.8 Å². The summed E-state index contributed by atoms with van der Waals surface area (Å²) in [5, 5.41) is 18.0. The number of anilines is 2. The molecule has 4 N–H and O–H groups in total. The standard InChI is InChI=1S/C26H32N6O6S/c1-25(2,3)38-24(34)19-7-9-26(10-11-27,15-37-19)32-18-8-12-28-23(33)21(18)22(30-32)29-17-5-6-20-16(13-17)14-31(4)39(20,35)36/h5-6,8,12-13,19,35-36H,7,9-10,14-15H2,1-4H3,(H,28,33)(H,29,30)/t19-,26-/m0/s1. The zero-order chi connectivity index (χ0) is 28.2. The summed E-state index contributed by atoms with van der Waals surface area (Å²) in [5.41, 5.74) is -0.0109. The molecule has 12 nitrogen and oxygen atoms in total. The molecule has 5 rings (SSSR count). The molecule has 1 fully saturated rings. The number of ether oxygens (including phenoxy) is 2. The number of esters is 1. The third-order valence-corrected chi connectivity index (χ3v) is 8.99. The third-order valence-electron chi connectivity index (χ3n) is 7.00. The SMILES string of the molecule is CN1Cc2cc(Nc3nn([C@]4(CC#N)CC[C@@H](C(=O)OC(C)(C)C)OC4)c4cc[nH]c(=O)c34)ccc2S1(O)O. The lowest BCUT2D eigenvalue weighted by Gasteiger charge is -2.39. The number of hydrogen-bond acceptors (Lipinski definition) is 10. The first-order valence-corrected chi connectivity index (χ1v) is 14.1. The number of hydrogen-bond donors (Lipinski definition) is 4. The minimum Gasteiger partial charge on any atom is -0.458 e. The van der Waals surface area contributed by atoms with Gasteiger partial charge in [-0.1, -0.05) is 0 Å². The lowest BCUT2D eigenvalue weighted by atomic mass is 9.87. The van der Waals surface area contributed by atoms with E-state index in [0.717, 1.165) is 5.56 Å². The Kier molecular flexibility index (Phi) is 6.72. The van der Waals surface area contributed by atoms with Crippen molar-refractivity contribution in [2.45, 2.75) is 68.7 Å². The molecule has 0 amide bonds. The van der Waals surface area contributed by atoms with Crippen molar-refractivity contribution in [1.29, 1.82) is 5.26 Å². The molecule has 0 spiro atoms. The number of nitriles is 1. The second-order valence-electron chi connectivity index (χ2n) is 11.0. The van der Waals surface area contributed by atoms with Crippen LogP contribution in [0.2, 0.25) is 0 Å². The van der Waals surface area contributed by atoms with Gasteiger partial charge in [0.25, 0.3) is 5.56 Å². The molecule has 3 aromatic rings. The average molecular weight is 557 g/mol. The van der Waals surface area contributed by atoms with E-state index in [1.54, 1.807) is 56.8 Å². The van der Waals surface area contributed by atoms with E-state index in [9.17, 15) is 24.0 Å². The van der Waals surface area contributed by atoms with Crippen LogP contribution in [0.3, 0.4) is 0 Å². The summed E-state index contributed by atoms with van der Waals surface area (Å²) in [6.07, 6.45) is 1.57. The molecule has 0 saturated carbocycles. The molecule has 1 aromatic carbocycles. The van der Waals surface area contributed by atoms with Gasteiger partial charge in [-0.3, -0.25) is 18.6 Å². The van der Waals surface area contributed by atoms with E-state index in [4.69, 9.17) is 14.6 Å². The number of benzene rings is 1. The number of fused-ring (bicyclic) bond motifs is 2. The Hall–Kier alpha value is -3.41. The van der Waals surface area contributed by atoms with Crippen LogP contribution < -0.4 is 10.9 Å². The van der Waals surface area contributed by atoms with Crippen molar-refractivity contribution < 1.29 is 23.4 Å². The van der Waals surface area contributed by atoms with Gasteiger partial charge < -0.3 is 19.8 Å². The van der Waals surface area contributed by atoms with Crippen molar-refractivity contribution in [1.82, 2.24) is 19.1 Å². The fourth-order valence-corrected chi connectivity index (χ4v) is 6.48. The number of rotatable bonds is 5. The van der Waals surface area contributed by atoms with Gasteiger partial charge in [0.05, 0.1) is 35.0 Å². The molecule has 208 valence electrons. The lowest BCUT2D eigenvalue weighted by Crippen LogP contribution is -2.47. The molecule has 0 aliphatic carbocycles. The Morgan fingerprint density at radius 2 is 2.15 bits per heavy atom. The zero-order valence-electron chi connectivity index (χ0n) is 22.2. The Labute approximate surface area is 227 Å². The molecule has 0 bridgehead atoms. The molecular formula is C26H32N6O6S. The Balaban J connectivity index is 1.49. The monoisotopic (exact) mass is 556 g/mol. The van der Waals surface area contributed by atoms with Crippen molar-refractivity contribution in [3.63, 3.8) is 0 Å². The first kappa shape index (κ1) is 27.2. The van der Waals surface area contributed by atoms with Gasteiger partial charge in [0.2, 0.25) is 0 Å². The highest BCUT2D eigenvalue weighted by atomic mass is 32.3. The van der Waals surface area contributed by atoms with Crippen LogP contribution in [0.5, 0.6) is 0 Å². The number of aromatic nitrogens is 3. The van der Waals surface area contributed by atoms with Crippen molar-refractivity contribution in [3.8, 4) is 6.07 Å². The van der Waals surface area contributed by atoms with E-state index in [-0.39, 0.29) is 24.4 Å². The van der Waals surface area contributed by atoms with Crippen molar-refractivity contribution in [3.05, 3.63) is 46.4 Å². The smallest absolute Gasteiger partial charge is 0.335 e. The summed E-state index contributed by atoms with van der Waals surface area (Å²) in [7, 11) is -1.36. The van der Waals surface area contributed by atoms with Gasteiger partial charge in [-0.25, -0.2) is 9.10 Å². The van der Waals surface area contributed by atoms with E-state index in [1.165, 1.54) is 10.5 Å². The first-order valence-electron chi connectivity index (χ1n) is 12.6. The maximum atomic E-state index is 13.0. The quantitative estimate of drug-likeness (QED) is 0.337. The van der Waals surface area contributed by atoms with Crippen LogP contribution in [0, 0.1) is 11.3 Å². The highest BCUT2D eigenvalue weighted by Gasteiger charge is 2.43. The van der Waals surface area contributed by atoms with Crippen molar-refractivity contribution in [2.75, 3.05) is 19.0 Å². The number of nitrogens with one attached hydrogen (secondary N) is 2. The summed E-state index contributed by atoms with van der Waals surface area (Å²) in [6, 6.07) is 9.11. The number of carbonyl (C=O) groups excluding carboxylic acids is 1. The minimum atomic E-state index is -3.01. The Bertz CT molecular complexity index is 1530. The average Bonchev–Trinajstić information content (AvgIpc) is 3.33. The summed E-state index contributed by atoms with van der Waals surface area (Å²) < 4.78 is 35.4. The highest BCUT2D eigenvalue weighted by Crippen LogP contribution is 2.58. The summed E-state index contributed by atoms with van der Waals surface area (Å²) in [6.45, 7) is 5.78. The molecule has 2 atom stereocenters. The normalized spacial score (nSPS) is 23.7. The predicted molar refractivity (Wildman–Crippen MR) is 146 cm³/mol. The largest absolute Gasteiger partial charge is 0.458 e. The van der Waals surface area contributed by atoms with Gasteiger partial charge in [0, 0.05) is 25.5 Å². The van der Waals surface area contributed by atoms with Crippen molar-refractivity contribution >= 4 is 39.2 Å². The van der Waals surface area contributed by atoms with Crippen LogP contribution in [0.4, 0.5) is 11.5 Å². The van der Waals surface area contributed by atoms with Crippen molar-refractivity contribution in [2.24, 2.45) is 0 Å². The highest BCUT2D eigenvalue weighted by molar-refractivity contribution is 8.22. The fraction of sp³-hybridized carbons (Fsp3) is 0.462. The summed E-state index contributed by atoms with van der Waals surface area (Å²) in [5.74, 6) is -0.160. The summed E-state index contributed by atoms with van der Waals surface area (Å²) >= 11 is 0. The van der Waals surface area contributed by atoms with Crippen LogP contribution in [0.1, 0.15) is 45.6 Å². The number of carbonyl (C=O) groups is 1. The van der Waals surface area contributed by atoms with Crippen LogP contribution in [-0.4, -0.2) is 59.5 Å². The number of pyridine rings is 1. The summed E-state index contributed by atoms with van der Waals surface area (Å²) in [4.78, 5) is 28.7. The maximum absolute atomic E-state index is 13.0. The second kappa shape index (κ2) is 9.65. The van der Waals surface area contributed by atoms with E-state index in [2.05, 4.69) is 16.4 Å². The number of aromatic amines is 1. The number of nitrogens with zero attached hydrogens (tertiary/aromatic N) is 4. The topological polar surface area (TPSA) is 166 Å². The fourth-order valence-electron chi connectivity index (χ4n) is 5.10. The van der Waals surface area contributed by atoms with Gasteiger partial charge >= 0.3 is 5.97 Å². The predicted octanol–water partition coefficient (Wildman–Crippen LogP) is 4.07. The molecule has 0 unspecified atom stereocenters.